The molecular formula is C15H13F3N2O2S. The first-order chi connectivity index (χ1) is 11.0. The quantitative estimate of drug-likeness (QED) is 0.841. The molecule has 0 atom stereocenters. The zero-order chi connectivity index (χ0) is 16.4. The van der Waals surface area contributed by atoms with E-state index in [2.05, 4.69) is 4.37 Å². The van der Waals surface area contributed by atoms with Crippen molar-refractivity contribution in [2.45, 2.75) is 6.18 Å². The van der Waals surface area contributed by atoms with E-state index in [9.17, 15) is 18.0 Å². The van der Waals surface area contributed by atoms with E-state index in [0.29, 0.717) is 30.3 Å². The highest BCUT2D eigenvalue weighted by molar-refractivity contribution is 7.06. The van der Waals surface area contributed by atoms with Gasteiger partial charge in [-0.1, -0.05) is 30.3 Å². The predicted octanol–water partition coefficient (Wildman–Crippen LogP) is 3.30. The van der Waals surface area contributed by atoms with E-state index in [1.54, 1.807) is 30.3 Å². The Hall–Kier alpha value is -1.93. The average Bonchev–Trinajstić information content (AvgIpc) is 3.01. The molecule has 0 saturated carbocycles. The van der Waals surface area contributed by atoms with Crippen LogP contribution in [-0.2, 0) is 10.9 Å². The van der Waals surface area contributed by atoms with Crippen molar-refractivity contribution in [3.63, 3.8) is 0 Å². The molecular weight excluding hydrogens is 329 g/mol. The molecule has 2 aromatic rings. The minimum Gasteiger partial charge on any atom is -0.378 e. The molecule has 0 aliphatic carbocycles. The second kappa shape index (κ2) is 6.29. The van der Waals surface area contributed by atoms with Crippen molar-refractivity contribution in [2.24, 2.45) is 0 Å². The number of amides is 1. The van der Waals surface area contributed by atoms with Crippen molar-refractivity contribution in [1.82, 2.24) is 9.27 Å². The number of hydrogen-bond acceptors (Lipinski definition) is 4. The Morgan fingerprint density at radius 3 is 2.43 bits per heavy atom. The molecule has 3 rings (SSSR count). The summed E-state index contributed by atoms with van der Waals surface area (Å²) < 4.78 is 48.9. The van der Waals surface area contributed by atoms with Crippen LogP contribution in [0.3, 0.4) is 0 Å². The lowest BCUT2D eigenvalue weighted by molar-refractivity contribution is -0.134. The minimum atomic E-state index is -4.61. The number of carbonyl (C=O) groups excluding carboxylic acids is 1. The maximum atomic E-state index is 13.3. The number of rotatable bonds is 2. The van der Waals surface area contributed by atoms with Gasteiger partial charge in [0.1, 0.15) is 4.88 Å². The van der Waals surface area contributed by atoms with Gasteiger partial charge >= 0.3 is 6.18 Å². The first-order valence-corrected chi connectivity index (χ1v) is 7.75. The number of alkyl halides is 3. The summed E-state index contributed by atoms with van der Waals surface area (Å²) in [4.78, 5) is 13.1. The Kier molecular flexibility index (Phi) is 4.36. The zero-order valence-corrected chi connectivity index (χ0v) is 12.8. The fraction of sp³-hybridized carbons (Fsp3) is 0.333. The molecule has 0 radical (unpaired) electrons. The Labute approximate surface area is 134 Å². The molecule has 1 amide bonds. The SMILES string of the molecule is O=C(c1c(-c2ccccc2)nsc1C(F)(F)F)N1CCOCC1. The summed E-state index contributed by atoms with van der Waals surface area (Å²) in [5.41, 5.74) is 0.214. The number of nitrogens with zero attached hydrogens (tertiary/aromatic N) is 2. The van der Waals surface area contributed by atoms with Gasteiger partial charge in [-0.25, -0.2) is 0 Å². The molecule has 2 heterocycles. The minimum absolute atomic E-state index is 0.0828. The zero-order valence-electron chi connectivity index (χ0n) is 12.0. The van der Waals surface area contributed by atoms with Crippen molar-refractivity contribution in [3.05, 3.63) is 40.8 Å². The smallest absolute Gasteiger partial charge is 0.378 e. The largest absolute Gasteiger partial charge is 0.427 e. The van der Waals surface area contributed by atoms with Crippen LogP contribution >= 0.6 is 11.5 Å². The number of carbonyl (C=O) groups is 1. The van der Waals surface area contributed by atoms with Gasteiger partial charge in [0, 0.05) is 18.7 Å². The maximum Gasteiger partial charge on any atom is 0.427 e. The Balaban J connectivity index is 2.08. The molecule has 23 heavy (non-hydrogen) atoms. The van der Waals surface area contributed by atoms with Gasteiger partial charge in [-0.15, -0.1) is 0 Å². The van der Waals surface area contributed by atoms with Crippen LogP contribution < -0.4 is 0 Å². The van der Waals surface area contributed by atoms with Crippen LogP contribution in [0.2, 0.25) is 0 Å². The number of hydrogen-bond donors (Lipinski definition) is 0. The van der Waals surface area contributed by atoms with E-state index in [1.165, 1.54) is 4.90 Å². The van der Waals surface area contributed by atoms with Gasteiger partial charge in [-0.05, 0) is 11.5 Å². The van der Waals surface area contributed by atoms with E-state index in [-0.39, 0.29) is 24.3 Å². The molecule has 0 spiro atoms. The van der Waals surface area contributed by atoms with Crippen molar-refractivity contribution in [2.75, 3.05) is 26.3 Å². The van der Waals surface area contributed by atoms with Gasteiger partial charge in [0.25, 0.3) is 5.91 Å². The van der Waals surface area contributed by atoms with Crippen molar-refractivity contribution in [3.8, 4) is 11.3 Å². The van der Waals surface area contributed by atoms with Crippen LogP contribution in [-0.4, -0.2) is 41.5 Å². The third-order valence-electron chi connectivity index (χ3n) is 3.51. The van der Waals surface area contributed by atoms with Gasteiger partial charge in [0.15, 0.2) is 0 Å². The summed E-state index contributed by atoms with van der Waals surface area (Å²) in [6.45, 7) is 1.21. The lowest BCUT2D eigenvalue weighted by Gasteiger charge is -2.27. The van der Waals surface area contributed by atoms with E-state index in [1.807, 2.05) is 0 Å². The number of benzene rings is 1. The van der Waals surface area contributed by atoms with Crippen molar-refractivity contribution >= 4 is 17.4 Å². The summed E-state index contributed by atoms with van der Waals surface area (Å²) in [6, 6.07) is 8.44. The highest BCUT2D eigenvalue weighted by atomic mass is 32.1. The normalized spacial score (nSPS) is 15.7. The molecule has 1 aliphatic rings. The van der Waals surface area contributed by atoms with Gasteiger partial charge < -0.3 is 9.64 Å². The standard InChI is InChI=1S/C15H13F3N2O2S/c16-15(17,18)13-11(14(21)20-6-8-22-9-7-20)12(19-23-13)10-4-2-1-3-5-10/h1-5H,6-9H2. The number of ether oxygens (including phenoxy) is 1. The summed E-state index contributed by atoms with van der Waals surface area (Å²) in [5.74, 6) is -0.645. The first-order valence-electron chi connectivity index (χ1n) is 6.98. The van der Waals surface area contributed by atoms with E-state index in [4.69, 9.17) is 4.74 Å². The number of morpholine rings is 1. The van der Waals surface area contributed by atoms with Crippen molar-refractivity contribution < 1.29 is 22.7 Å². The molecule has 1 aromatic heterocycles. The van der Waals surface area contributed by atoms with Crippen LogP contribution in [0.1, 0.15) is 15.2 Å². The highest BCUT2D eigenvalue weighted by Crippen LogP contribution is 2.40. The first kappa shape index (κ1) is 15.9. The summed E-state index contributed by atoms with van der Waals surface area (Å²) in [7, 11) is 0. The monoisotopic (exact) mass is 342 g/mol. The van der Waals surface area contributed by atoms with Gasteiger partial charge in [0.05, 0.1) is 24.5 Å². The van der Waals surface area contributed by atoms with E-state index < -0.39 is 17.0 Å². The molecule has 0 bridgehead atoms. The fourth-order valence-electron chi connectivity index (χ4n) is 2.40. The molecule has 0 unspecified atom stereocenters. The van der Waals surface area contributed by atoms with Crippen LogP contribution in [0.5, 0.6) is 0 Å². The average molecular weight is 342 g/mol. The molecule has 0 N–H and O–H groups in total. The fourth-order valence-corrected chi connectivity index (χ4v) is 3.16. The molecule has 1 aliphatic heterocycles. The molecule has 8 heteroatoms. The third-order valence-corrected chi connectivity index (χ3v) is 4.40. The molecule has 1 fully saturated rings. The Bertz CT molecular complexity index is 694. The summed E-state index contributed by atoms with van der Waals surface area (Å²) in [5, 5.41) is 0. The van der Waals surface area contributed by atoms with E-state index in [0.717, 1.165) is 0 Å². The topological polar surface area (TPSA) is 42.4 Å². The highest BCUT2D eigenvalue weighted by Gasteiger charge is 2.41. The van der Waals surface area contributed by atoms with Crippen LogP contribution in [0.4, 0.5) is 13.2 Å². The summed E-state index contributed by atoms with van der Waals surface area (Å²) in [6.07, 6.45) is -4.61. The Morgan fingerprint density at radius 1 is 1.17 bits per heavy atom. The van der Waals surface area contributed by atoms with Gasteiger partial charge in [-0.2, -0.15) is 17.5 Å². The molecule has 1 saturated heterocycles. The molecule has 122 valence electrons. The maximum absolute atomic E-state index is 13.3. The van der Waals surface area contributed by atoms with Crippen LogP contribution in [0, 0.1) is 0 Å². The third kappa shape index (κ3) is 3.23. The van der Waals surface area contributed by atoms with Gasteiger partial charge in [-0.3, -0.25) is 4.79 Å². The lowest BCUT2D eigenvalue weighted by atomic mass is 10.0. The lowest BCUT2D eigenvalue weighted by Crippen LogP contribution is -2.41. The predicted molar refractivity (Wildman–Crippen MR) is 79.3 cm³/mol. The van der Waals surface area contributed by atoms with Crippen molar-refractivity contribution in [1.29, 1.82) is 0 Å². The molecule has 4 nitrogen and oxygen atoms in total. The van der Waals surface area contributed by atoms with Crippen LogP contribution in [0.25, 0.3) is 11.3 Å². The summed E-state index contributed by atoms with van der Waals surface area (Å²) >= 11 is 0.317. The second-order valence-corrected chi connectivity index (χ2v) is 5.78. The van der Waals surface area contributed by atoms with E-state index >= 15 is 0 Å². The number of aromatic nitrogens is 1. The molecule has 1 aromatic carbocycles. The second-order valence-electron chi connectivity index (χ2n) is 5.00. The Morgan fingerprint density at radius 2 is 1.83 bits per heavy atom. The van der Waals surface area contributed by atoms with Gasteiger partial charge in [0.2, 0.25) is 0 Å². The van der Waals surface area contributed by atoms with Crippen LogP contribution in [0.15, 0.2) is 30.3 Å². The number of halogens is 3.